The summed E-state index contributed by atoms with van der Waals surface area (Å²) in [5, 5.41) is 2.99. The van der Waals surface area contributed by atoms with Crippen LogP contribution in [0.25, 0.3) is 0 Å². The number of para-hydroxylation sites is 1. The van der Waals surface area contributed by atoms with E-state index in [9.17, 15) is 9.59 Å². The highest BCUT2D eigenvalue weighted by molar-refractivity contribution is 6.03. The van der Waals surface area contributed by atoms with Gasteiger partial charge in [0.05, 0.1) is 5.92 Å². The van der Waals surface area contributed by atoms with E-state index in [1.165, 1.54) is 5.69 Å². The summed E-state index contributed by atoms with van der Waals surface area (Å²) in [7, 11) is 0. The molecule has 0 radical (unpaired) electrons. The van der Waals surface area contributed by atoms with Crippen LogP contribution in [0.1, 0.15) is 47.6 Å². The van der Waals surface area contributed by atoms with Gasteiger partial charge in [0.2, 0.25) is 5.91 Å². The Morgan fingerprint density at radius 1 is 0.882 bits per heavy atom. The summed E-state index contributed by atoms with van der Waals surface area (Å²) in [5.41, 5.74) is 2.64. The van der Waals surface area contributed by atoms with E-state index in [1.54, 1.807) is 0 Å². The van der Waals surface area contributed by atoms with Gasteiger partial charge in [0.25, 0.3) is 5.91 Å². The third kappa shape index (κ3) is 4.42. The zero-order valence-corrected chi connectivity index (χ0v) is 19.6. The molecule has 2 aliphatic heterocycles. The van der Waals surface area contributed by atoms with E-state index in [-0.39, 0.29) is 17.7 Å². The second kappa shape index (κ2) is 9.71. The Morgan fingerprint density at radius 2 is 1.56 bits per heavy atom. The first-order valence-corrected chi connectivity index (χ1v) is 12.2. The molecule has 1 saturated heterocycles. The molecule has 3 heterocycles. The van der Waals surface area contributed by atoms with E-state index >= 15 is 0 Å². The number of benzene rings is 2. The number of aryl methyl sites for hydroxylation is 1. The first kappa shape index (κ1) is 22.2. The first-order chi connectivity index (χ1) is 16.6. The summed E-state index contributed by atoms with van der Waals surface area (Å²) in [6, 6.07) is 20.0. The van der Waals surface area contributed by atoms with Gasteiger partial charge >= 0.3 is 0 Å². The van der Waals surface area contributed by atoms with Crippen molar-refractivity contribution in [3.05, 3.63) is 77.7 Å². The Bertz CT molecular complexity index is 1150. The number of hydrogen-bond acceptors (Lipinski definition) is 4. The third-order valence-electron chi connectivity index (χ3n) is 6.90. The van der Waals surface area contributed by atoms with Crippen molar-refractivity contribution in [3.8, 4) is 0 Å². The molecule has 34 heavy (non-hydrogen) atoms. The summed E-state index contributed by atoms with van der Waals surface area (Å²) in [4.78, 5) is 35.7. The number of hydrogen-bond donors (Lipinski definition) is 1. The van der Waals surface area contributed by atoms with Crippen molar-refractivity contribution in [1.29, 1.82) is 0 Å². The van der Waals surface area contributed by atoms with Crippen molar-refractivity contribution in [2.24, 2.45) is 0 Å². The lowest BCUT2D eigenvalue weighted by atomic mass is 10.0. The molecule has 0 aliphatic carbocycles. The summed E-state index contributed by atoms with van der Waals surface area (Å²) in [6.45, 7) is 5.49. The summed E-state index contributed by atoms with van der Waals surface area (Å²) >= 11 is 0. The smallest absolute Gasteiger partial charge is 0.274 e. The Balaban J connectivity index is 1.35. The van der Waals surface area contributed by atoms with Crippen LogP contribution < -0.4 is 10.2 Å². The lowest BCUT2D eigenvalue weighted by Gasteiger charge is -2.36. The van der Waals surface area contributed by atoms with E-state index < -0.39 is 0 Å². The van der Waals surface area contributed by atoms with Gasteiger partial charge in [-0.2, -0.15) is 0 Å². The molecule has 2 aromatic carbocycles. The number of amides is 2. The molecule has 1 atom stereocenters. The number of imidazole rings is 1. The maximum atomic E-state index is 13.7. The van der Waals surface area contributed by atoms with Gasteiger partial charge in [-0.15, -0.1) is 0 Å². The fraction of sp³-hybridized carbons (Fsp3) is 0.370. The molecule has 1 aromatic heterocycles. The van der Waals surface area contributed by atoms with Crippen molar-refractivity contribution in [2.45, 2.75) is 38.6 Å². The highest BCUT2D eigenvalue weighted by Gasteiger charge is 2.31. The lowest BCUT2D eigenvalue weighted by molar-refractivity contribution is -0.117. The van der Waals surface area contributed by atoms with Gasteiger partial charge in [-0.3, -0.25) is 9.59 Å². The first-order valence-electron chi connectivity index (χ1n) is 12.2. The van der Waals surface area contributed by atoms with Crippen LogP contribution in [0.3, 0.4) is 0 Å². The second-order valence-corrected chi connectivity index (χ2v) is 9.07. The molecule has 7 heteroatoms. The van der Waals surface area contributed by atoms with Crippen LogP contribution in [-0.2, 0) is 17.8 Å². The molecule has 1 fully saturated rings. The van der Waals surface area contributed by atoms with Gasteiger partial charge < -0.3 is 19.7 Å². The number of piperazine rings is 1. The molecule has 2 aliphatic rings. The lowest BCUT2D eigenvalue weighted by Crippen LogP contribution is -2.49. The van der Waals surface area contributed by atoms with Gasteiger partial charge in [-0.25, -0.2) is 4.98 Å². The fourth-order valence-corrected chi connectivity index (χ4v) is 4.86. The van der Waals surface area contributed by atoms with Crippen molar-refractivity contribution in [3.63, 3.8) is 0 Å². The number of nitrogens with one attached hydrogen (secondary N) is 1. The van der Waals surface area contributed by atoms with E-state index in [1.807, 2.05) is 64.9 Å². The SMILES string of the molecule is CC(C(=O)Nc1nc2n(c1C(=O)N1CCN(c3ccccc3)CC1)CCCC2)c1ccccc1. The van der Waals surface area contributed by atoms with Crippen molar-refractivity contribution in [1.82, 2.24) is 14.5 Å². The minimum atomic E-state index is -0.336. The summed E-state index contributed by atoms with van der Waals surface area (Å²) < 4.78 is 2.03. The van der Waals surface area contributed by atoms with Crippen LogP contribution >= 0.6 is 0 Å². The third-order valence-corrected chi connectivity index (χ3v) is 6.90. The Hall–Kier alpha value is -3.61. The molecule has 2 amide bonds. The molecule has 5 rings (SSSR count). The molecule has 7 nitrogen and oxygen atoms in total. The number of carbonyl (C=O) groups excluding carboxylic acids is 2. The predicted molar refractivity (Wildman–Crippen MR) is 133 cm³/mol. The molecule has 3 aromatic rings. The maximum Gasteiger partial charge on any atom is 0.274 e. The van der Waals surface area contributed by atoms with Crippen molar-refractivity contribution < 1.29 is 9.59 Å². The van der Waals surface area contributed by atoms with Gasteiger partial charge in [0, 0.05) is 44.8 Å². The average Bonchev–Trinajstić information content (AvgIpc) is 3.26. The van der Waals surface area contributed by atoms with E-state index in [2.05, 4.69) is 22.3 Å². The number of fused-ring (bicyclic) bond motifs is 1. The quantitative estimate of drug-likeness (QED) is 0.630. The van der Waals surface area contributed by atoms with E-state index in [0.29, 0.717) is 24.6 Å². The zero-order valence-electron chi connectivity index (χ0n) is 19.6. The number of carbonyl (C=O) groups is 2. The van der Waals surface area contributed by atoms with Crippen molar-refractivity contribution >= 4 is 23.3 Å². The van der Waals surface area contributed by atoms with Crippen LogP contribution in [0.15, 0.2) is 60.7 Å². The minimum Gasteiger partial charge on any atom is -0.368 e. The van der Waals surface area contributed by atoms with Crippen LogP contribution in [0.4, 0.5) is 11.5 Å². The highest BCUT2D eigenvalue weighted by atomic mass is 16.2. The van der Waals surface area contributed by atoms with Crippen LogP contribution in [0, 0.1) is 0 Å². The Labute approximate surface area is 200 Å². The molecule has 0 saturated carbocycles. The highest BCUT2D eigenvalue weighted by Crippen LogP contribution is 2.27. The van der Waals surface area contributed by atoms with Crippen molar-refractivity contribution in [2.75, 3.05) is 36.4 Å². The predicted octanol–water partition coefficient (Wildman–Crippen LogP) is 3.92. The standard InChI is InChI=1S/C27H31N5O2/c1-20(21-10-4-2-5-11-21)26(33)29-25-24(32-15-9-8-14-23(32)28-25)27(34)31-18-16-30(17-19-31)22-12-6-3-7-13-22/h2-7,10-13,20H,8-9,14-19H2,1H3,(H,29,33). The van der Waals surface area contributed by atoms with Crippen LogP contribution in [0.5, 0.6) is 0 Å². The van der Waals surface area contributed by atoms with Gasteiger partial charge in [-0.1, -0.05) is 48.5 Å². The normalized spacial score (nSPS) is 16.6. The maximum absolute atomic E-state index is 13.7. The number of nitrogens with zero attached hydrogens (tertiary/aromatic N) is 4. The van der Waals surface area contributed by atoms with Gasteiger partial charge in [0.1, 0.15) is 5.82 Å². The molecule has 0 bridgehead atoms. The van der Waals surface area contributed by atoms with Gasteiger partial charge in [-0.05, 0) is 37.5 Å². The largest absolute Gasteiger partial charge is 0.368 e. The number of rotatable bonds is 5. The summed E-state index contributed by atoms with van der Waals surface area (Å²) in [5.74, 6) is 0.762. The average molecular weight is 458 g/mol. The molecular formula is C27H31N5O2. The molecule has 1 N–H and O–H groups in total. The molecule has 176 valence electrons. The Kier molecular flexibility index (Phi) is 6.34. The van der Waals surface area contributed by atoms with Crippen LogP contribution in [0.2, 0.25) is 0 Å². The number of anilines is 2. The fourth-order valence-electron chi connectivity index (χ4n) is 4.86. The monoisotopic (exact) mass is 457 g/mol. The zero-order chi connectivity index (χ0) is 23.5. The summed E-state index contributed by atoms with van der Waals surface area (Å²) in [6.07, 6.45) is 2.89. The molecule has 0 spiro atoms. The topological polar surface area (TPSA) is 70.5 Å². The number of aromatic nitrogens is 2. The van der Waals surface area contributed by atoms with Gasteiger partial charge in [0.15, 0.2) is 11.5 Å². The molecule has 1 unspecified atom stereocenters. The molecular weight excluding hydrogens is 426 g/mol. The second-order valence-electron chi connectivity index (χ2n) is 9.07. The Morgan fingerprint density at radius 3 is 2.26 bits per heavy atom. The van der Waals surface area contributed by atoms with E-state index in [0.717, 1.165) is 50.3 Å². The van der Waals surface area contributed by atoms with Crippen LogP contribution in [-0.4, -0.2) is 52.4 Å². The minimum absolute atomic E-state index is 0.0453. The van der Waals surface area contributed by atoms with E-state index in [4.69, 9.17) is 4.98 Å².